The Balaban J connectivity index is 1.14. The Morgan fingerprint density at radius 1 is 0.377 bits per heavy atom. The molecule has 0 aliphatic rings. The highest BCUT2D eigenvalue weighted by Gasteiger charge is 2.34. The monoisotopic (exact) mass is 983 g/mol. The second-order valence-electron chi connectivity index (χ2n) is 21.9. The van der Waals surface area contributed by atoms with Crippen LogP contribution in [-0.4, -0.2) is 18.1 Å². The van der Waals surface area contributed by atoms with Crippen LogP contribution in [0.3, 0.4) is 0 Å². The standard InChI is InChI=1S/C71H45N5O/c1-71(2,3)42-35-37-51-53-26-16-24-43(70(53)77-63(51)39-42)41-34-36-50-48-22-8-14-32-60(48)75(62(50)38-41)69-67(73-56-28-10-4-18-44(56)45-19-5-11-29-57(45)73)55(40-72)66-64(54-27-17-25-52-49-23-9-15-33-61(49)76(66)65(52)54)68(69)74-58-30-12-6-20-46(58)47-21-7-13-31-59(47)74/h4-39H,1-3H3. The van der Waals surface area contributed by atoms with Gasteiger partial charge in [0.05, 0.1) is 66.7 Å². The van der Waals surface area contributed by atoms with Crippen LogP contribution in [0.4, 0.5) is 0 Å². The average Bonchev–Trinajstić information content (AvgIpc) is 4.41. The molecule has 360 valence electrons. The van der Waals surface area contributed by atoms with Gasteiger partial charge in [0.2, 0.25) is 0 Å². The van der Waals surface area contributed by atoms with Gasteiger partial charge in [-0.2, -0.15) is 5.26 Å². The van der Waals surface area contributed by atoms with Crippen molar-refractivity contribution in [3.8, 4) is 34.3 Å². The van der Waals surface area contributed by atoms with E-state index in [0.29, 0.717) is 5.56 Å². The summed E-state index contributed by atoms with van der Waals surface area (Å²) in [5, 5.41) is 25.9. The first-order chi connectivity index (χ1) is 37.9. The second-order valence-corrected chi connectivity index (χ2v) is 21.9. The van der Waals surface area contributed by atoms with Gasteiger partial charge >= 0.3 is 0 Å². The van der Waals surface area contributed by atoms with Crippen LogP contribution in [0.15, 0.2) is 223 Å². The number of aromatic nitrogens is 4. The van der Waals surface area contributed by atoms with Crippen molar-refractivity contribution in [2.75, 3.05) is 0 Å². The fraction of sp³-hybridized carbons (Fsp3) is 0.0563. The maximum atomic E-state index is 12.5. The molecule has 0 unspecified atom stereocenters. The zero-order valence-corrected chi connectivity index (χ0v) is 42.4. The first-order valence-electron chi connectivity index (χ1n) is 26.5. The summed E-state index contributed by atoms with van der Waals surface area (Å²) in [5.74, 6) is 0. The smallest absolute Gasteiger partial charge is 0.143 e. The van der Waals surface area contributed by atoms with Crippen LogP contribution < -0.4 is 0 Å². The quantitative estimate of drug-likeness (QED) is 0.176. The Morgan fingerprint density at radius 3 is 1.40 bits per heavy atom. The highest BCUT2D eigenvalue weighted by molar-refractivity contribution is 6.29. The van der Waals surface area contributed by atoms with Crippen LogP contribution in [0.25, 0.3) is 154 Å². The number of furan rings is 1. The molecule has 17 rings (SSSR count). The number of fused-ring (bicyclic) bond motifs is 18. The van der Waals surface area contributed by atoms with E-state index in [-0.39, 0.29) is 5.41 Å². The molecule has 0 N–H and O–H groups in total. The average molecular weight is 984 g/mol. The number of nitrogens with zero attached hydrogens (tertiary/aromatic N) is 5. The number of hydrogen-bond acceptors (Lipinski definition) is 2. The number of benzene rings is 11. The molecule has 0 bridgehead atoms. The van der Waals surface area contributed by atoms with E-state index in [1.807, 2.05) is 0 Å². The number of para-hydroxylation sites is 8. The molecule has 0 aliphatic heterocycles. The van der Waals surface area contributed by atoms with Gasteiger partial charge in [-0.15, -0.1) is 0 Å². The minimum absolute atomic E-state index is 0.0301. The lowest BCUT2D eigenvalue weighted by molar-refractivity contribution is 0.587. The third-order valence-electron chi connectivity index (χ3n) is 16.9. The molecule has 6 heteroatoms. The summed E-state index contributed by atoms with van der Waals surface area (Å²) in [6.45, 7) is 6.74. The lowest BCUT2D eigenvalue weighted by Crippen LogP contribution is -2.12. The summed E-state index contributed by atoms with van der Waals surface area (Å²) in [5.41, 5.74) is 17.6. The van der Waals surface area contributed by atoms with E-state index in [0.717, 1.165) is 154 Å². The van der Waals surface area contributed by atoms with Gasteiger partial charge in [-0.05, 0) is 65.1 Å². The van der Waals surface area contributed by atoms with Crippen molar-refractivity contribution in [3.63, 3.8) is 0 Å². The summed E-state index contributed by atoms with van der Waals surface area (Å²) in [6.07, 6.45) is 0. The molecule has 0 radical (unpaired) electrons. The summed E-state index contributed by atoms with van der Waals surface area (Å²) in [4.78, 5) is 0. The van der Waals surface area contributed by atoms with Crippen LogP contribution in [0.1, 0.15) is 31.9 Å². The lowest BCUT2D eigenvalue weighted by Gasteiger charge is -2.25. The Labute approximate surface area is 441 Å². The van der Waals surface area contributed by atoms with Crippen molar-refractivity contribution in [2.24, 2.45) is 0 Å². The van der Waals surface area contributed by atoms with Crippen molar-refractivity contribution >= 4 is 125 Å². The van der Waals surface area contributed by atoms with Gasteiger partial charge in [-0.3, -0.25) is 0 Å². The molecule has 0 saturated heterocycles. The zero-order valence-electron chi connectivity index (χ0n) is 42.4. The number of nitriles is 1. The van der Waals surface area contributed by atoms with Crippen LogP contribution >= 0.6 is 0 Å². The predicted molar refractivity (Wildman–Crippen MR) is 320 cm³/mol. The Hall–Kier alpha value is -10.1. The molecule has 11 aromatic carbocycles. The van der Waals surface area contributed by atoms with Gasteiger partial charge in [0.1, 0.15) is 22.8 Å². The third-order valence-corrected chi connectivity index (χ3v) is 16.9. The highest BCUT2D eigenvalue weighted by atomic mass is 16.3. The molecule has 0 fully saturated rings. The molecule has 0 atom stereocenters. The van der Waals surface area contributed by atoms with Gasteiger partial charge in [0.25, 0.3) is 0 Å². The van der Waals surface area contributed by atoms with Crippen molar-refractivity contribution in [2.45, 2.75) is 26.2 Å². The molecule has 0 aliphatic carbocycles. The summed E-state index contributed by atoms with van der Waals surface area (Å²) >= 11 is 0. The maximum absolute atomic E-state index is 12.5. The third kappa shape index (κ3) is 5.47. The minimum Gasteiger partial charge on any atom is -0.455 e. The van der Waals surface area contributed by atoms with E-state index in [9.17, 15) is 5.26 Å². The fourth-order valence-electron chi connectivity index (χ4n) is 13.6. The molecule has 0 saturated carbocycles. The first-order valence-corrected chi connectivity index (χ1v) is 26.5. The van der Waals surface area contributed by atoms with Crippen LogP contribution in [0.2, 0.25) is 0 Å². The lowest BCUT2D eigenvalue weighted by atomic mass is 9.86. The van der Waals surface area contributed by atoms with Gasteiger partial charge in [-0.25, -0.2) is 0 Å². The molecule has 77 heavy (non-hydrogen) atoms. The molecule has 0 spiro atoms. The van der Waals surface area contributed by atoms with Gasteiger partial charge in [0, 0.05) is 70.2 Å². The number of hydrogen-bond donors (Lipinski definition) is 0. The van der Waals surface area contributed by atoms with E-state index in [2.05, 4.69) is 263 Å². The molecular weight excluding hydrogens is 939 g/mol. The summed E-state index contributed by atoms with van der Waals surface area (Å²) < 4.78 is 16.8. The van der Waals surface area contributed by atoms with Gasteiger partial charge in [-0.1, -0.05) is 191 Å². The van der Waals surface area contributed by atoms with Crippen LogP contribution in [0.5, 0.6) is 0 Å². The molecule has 6 nitrogen and oxygen atoms in total. The molecular formula is C71H45N5O. The van der Waals surface area contributed by atoms with E-state index >= 15 is 0 Å². The van der Waals surface area contributed by atoms with Crippen LogP contribution in [0, 0.1) is 11.3 Å². The molecule has 6 aromatic heterocycles. The minimum atomic E-state index is -0.0301. The molecule has 6 heterocycles. The number of rotatable bonds is 4. The largest absolute Gasteiger partial charge is 0.455 e. The van der Waals surface area contributed by atoms with Crippen LogP contribution in [-0.2, 0) is 5.41 Å². The van der Waals surface area contributed by atoms with E-state index < -0.39 is 0 Å². The zero-order chi connectivity index (χ0) is 51.0. The fourth-order valence-corrected chi connectivity index (χ4v) is 13.6. The summed E-state index contributed by atoms with van der Waals surface area (Å²) in [6, 6.07) is 82.3. The van der Waals surface area contributed by atoms with Crippen molar-refractivity contribution in [1.29, 1.82) is 5.26 Å². The highest BCUT2D eigenvalue weighted by Crippen LogP contribution is 2.52. The van der Waals surface area contributed by atoms with E-state index in [4.69, 9.17) is 4.42 Å². The van der Waals surface area contributed by atoms with Crippen molar-refractivity contribution in [1.82, 2.24) is 18.1 Å². The van der Waals surface area contributed by atoms with Gasteiger partial charge < -0.3 is 22.5 Å². The summed E-state index contributed by atoms with van der Waals surface area (Å²) in [7, 11) is 0. The first kappa shape index (κ1) is 42.3. The Kier molecular flexibility index (Phi) is 8.26. The molecule has 17 aromatic rings. The SMILES string of the molecule is CC(C)(C)c1ccc2c(c1)oc1c(-c3ccc4c5ccccc5n(-c5c(-n6c7ccccc7c7ccccc76)c(C#N)c6c(c5-n5c7ccccc7c7ccccc75)c5cccc7c8ccccc8n6c75)c4c3)cccc12. The normalized spacial score (nSPS) is 12.6. The van der Waals surface area contributed by atoms with Gasteiger partial charge in [0.15, 0.2) is 0 Å². The van der Waals surface area contributed by atoms with E-state index in [1.54, 1.807) is 0 Å². The Bertz CT molecular complexity index is 5360. The van der Waals surface area contributed by atoms with Crippen molar-refractivity contribution < 1.29 is 4.42 Å². The maximum Gasteiger partial charge on any atom is 0.143 e. The topological polar surface area (TPSA) is 56.1 Å². The van der Waals surface area contributed by atoms with Crippen molar-refractivity contribution in [3.05, 3.63) is 230 Å². The predicted octanol–water partition coefficient (Wildman–Crippen LogP) is 18.9. The second kappa shape index (κ2) is 15.0. The van der Waals surface area contributed by atoms with E-state index in [1.165, 1.54) is 5.56 Å². The Morgan fingerprint density at radius 2 is 0.831 bits per heavy atom. The molecule has 0 amide bonds.